The molecule has 0 bridgehead atoms. The number of nitrogens with zero attached hydrogens (tertiary/aromatic N) is 2. The number of halogens is 1. The number of nitrogens with one attached hydrogen (secondary N) is 1. The van der Waals surface area contributed by atoms with Crippen LogP contribution in [0.15, 0.2) is 16.7 Å². The summed E-state index contributed by atoms with van der Waals surface area (Å²) in [6.07, 6.45) is 3.01. The van der Waals surface area contributed by atoms with E-state index in [0.29, 0.717) is 0 Å². The van der Waals surface area contributed by atoms with Crippen LogP contribution in [0.2, 0.25) is 0 Å². The smallest absolute Gasteiger partial charge is 0.133 e. The zero-order valence-corrected chi connectivity index (χ0v) is 11.8. The van der Waals surface area contributed by atoms with E-state index >= 15 is 0 Å². The molecule has 0 aromatic carbocycles. The van der Waals surface area contributed by atoms with E-state index in [-0.39, 0.29) is 0 Å². The monoisotopic (exact) mass is 285 g/mol. The first-order valence-corrected chi connectivity index (χ1v) is 6.56. The third kappa shape index (κ3) is 3.46. The Morgan fingerprint density at radius 2 is 2.19 bits per heavy atom. The van der Waals surface area contributed by atoms with E-state index in [1.54, 1.807) is 0 Å². The Bertz CT molecular complexity index is 328. The topological polar surface area (TPSA) is 28.2 Å². The van der Waals surface area contributed by atoms with Crippen molar-refractivity contribution in [3.05, 3.63) is 22.3 Å². The van der Waals surface area contributed by atoms with Gasteiger partial charge in [0, 0.05) is 35.9 Å². The van der Waals surface area contributed by atoms with Gasteiger partial charge in [0.1, 0.15) is 5.82 Å². The van der Waals surface area contributed by atoms with Crippen molar-refractivity contribution in [3.63, 3.8) is 0 Å². The first-order valence-electron chi connectivity index (χ1n) is 5.76. The Balaban J connectivity index is 2.99. The number of anilines is 1. The van der Waals surface area contributed by atoms with Crippen molar-refractivity contribution in [2.75, 3.05) is 25.0 Å². The Morgan fingerprint density at radius 3 is 2.75 bits per heavy atom. The summed E-state index contributed by atoms with van der Waals surface area (Å²) in [7, 11) is 1.96. The predicted octanol–water partition coefficient (Wildman–Crippen LogP) is 2.80. The van der Waals surface area contributed by atoms with Crippen LogP contribution in [0.5, 0.6) is 0 Å². The quantitative estimate of drug-likeness (QED) is 0.871. The van der Waals surface area contributed by atoms with Gasteiger partial charge in [-0.25, -0.2) is 4.98 Å². The summed E-state index contributed by atoms with van der Waals surface area (Å²) in [5.74, 6) is 1.10. The molecule has 0 saturated carbocycles. The summed E-state index contributed by atoms with van der Waals surface area (Å²) < 4.78 is 1.04. The molecule has 4 heteroatoms. The fraction of sp³-hybridized carbons (Fsp3) is 0.583. The van der Waals surface area contributed by atoms with E-state index in [0.717, 1.165) is 36.3 Å². The molecule has 3 nitrogen and oxygen atoms in total. The minimum absolute atomic E-state index is 0.849. The molecule has 0 aliphatic heterocycles. The van der Waals surface area contributed by atoms with Crippen molar-refractivity contribution in [1.82, 2.24) is 10.3 Å². The highest BCUT2D eigenvalue weighted by Crippen LogP contribution is 2.21. The van der Waals surface area contributed by atoms with Gasteiger partial charge in [0.05, 0.1) is 0 Å². The molecule has 0 spiro atoms. The minimum Gasteiger partial charge on any atom is -0.357 e. The van der Waals surface area contributed by atoms with Gasteiger partial charge in [0.15, 0.2) is 0 Å². The van der Waals surface area contributed by atoms with Gasteiger partial charge in [0.2, 0.25) is 0 Å². The summed E-state index contributed by atoms with van der Waals surface area (Å²) in [4.78, 5) is 6.84. The highest BCUT2D eigenvalue weighted by molar-refractivity contribution is 9.10. The van der Waals surface area contributed by atoms with Crippen molar-refractivity contribution in [1.29, 1.82) is 0 Å². The van der Waals surface area contributed by atoms with E-state index in [9.17, 15) is 0 Å². The van der Waals surface area contributed by atoms with Crippen LogP contribution in [0.4, 0.5) is 5.82 Å². The fourth-order valence-corrected chi connectivity index (χ4v) is 2.14. The lowest BCUT2D eigenvalue weighted by Gasteiger charge is -2.24. The second-order valence-electron chi connectivity index (χ2n) is 3.75. The Hall–Kier alpha value is -0.610. The number of hydrogen-bond donors (Lipinski definition) is 1. The van der Waals surface area contributed by atoms with E-state index in [1.807, 2.05) is 13.2 Å². The van der Waals surface area contributed by atoms with Gasteiger partial charge >= 0.3 is 0 Å². The fourth-order valence-electron chi connectivity index (χ4n) is 1.76. The zero-order valence-electron chi connectivity index (χ0n) is 10.3. The predicted molar refractivity (Wildman–Crippen MR) is 72.9 cm³/mol. The Kier molecular flexibility index (Phi) is 5.77. The van der Waals surface area contributed by atoms with E-state index in [1.165, 1.54) is 5.56 Å². The molecule has 0 atom stereocenters. The van der Waals surface area contributed by atoms with Crippen LogP contribution in [0.25, 0.3) is 0 Å². The van der Waals surface area contributed by atoms with E-state index < -0.39 is 0 Å². The molecule has 0 radical (unpaired) electrons. The molecule has 0 aliphatic carbocycles. The van der Waals surface area contributed by atoms with Gasteiger partial charge in [-0.3, -0.25) is 0 Å². The lowest BCUT2D eigenvalue weighted by Crippen LogP contribution is -2.26. The molecule has 0 saturated heterocycles. The summed E-state index contributed by atoms with van der Waals surface area (Å²) in [5.41, 5.74) is 1.24. The molecule has 1 aromatic rings. The molecule has 0 fully saturated rings. The Labute approximate surface area is 106 Å². The molecule has 1 heterocycles. The van der Waals surface area contributed by atoms with Crippen LogP contribution in [0.1, 0.15) is 25.8 Å². The summed E-state index contributed by atoms with van der Waals surface area (Å²) in [6.45, 7) is 7.27. The number of rotatable bonds is 6. The van der Waals surface area contributed by atoms with Crippen LogP contribution in [0, 0.1) is 0 Å². The summed E-state index contributed by atoms with van der Waals surface area (Å²) in [5, 5.41) is 3.19. The zero-order chi connectivity index (χ0) is 12.0. The van der Waals surface area contributed by atoms with Gasteiger partial charge in [-0.15, -0.1) is 0 Å². The molecular weight excluding hydrogens is 266 g/mol. The molecule has 16 heavy (non-hydrogen) atoms. The van der Waals surface area contributed by atoms with Crippen molar-refractivity contribution in [2.24, 2.45) is 0 Å². The van der Waals surface area contributed by atoms with Gasteiger partial charge < -0.3 is 10.2 Å². The number of hydrogen-bond acceptors (Lipinski definition) is 3. The van der Waals surface area contributed by atoms with Crippen LogP contribution in [-0.4, -0.2) is 25.1 Å². The molecular formula is C12H20BrN3. The van der Waals surface area contributed by atoms with Gasteiger partial charge in [0.25, 0.3) is 0 Å². The average molecular weight is 286 g/mol. The second-order valence-corrected chi connectivity index (χ2v) is 4.66. The van der Waals surface area contributed by atoms with Crippen molar-refractivity contribution >= 4 is 21.7 Å². The third-order valence-electron chi connectivity index (χ3n) is 2.45. The lowest BCUT2D eigenvalue weighted by molar-refractivity contribution is 0.752. The van der Waals surface area contributed by atoms with Crippen molar-refractivity contribution in [2.45, 2.75) is 26.8 Å². The number of aromatic nitrogens is 1. The first-order chi connectivity index (χ1) is 7.72. The molecule has 1 N–H and O–H groups in total. The van der Waals surface area contributed by atoms with Gasteiger partial charge in [-0.1, -0.05) is 6.92 Å². The molecule has 90 valence electrons. The van der Waals surface area contributed by atoms with Crippen LogP contribution in [0.3, 0.4) is 0 Å². The van der Waals surface area contributed by atoms with E-state index in [4.69, 9.17) is 0 Å². The minimum atomic E-state index is 0.849. The van der Waals surface area contributed by atoms with Crippen molar-refractivity contribution < 1.29 is 0 Å². The molecule has 1 aromatic heterocycles. The maximum Gasteiger partial charge on any atom is 0.133 e. The number of pyridine rings is 1. The van der Waals surface area contributed by atoms with Gasteiger partial charge in [-0.2, -0.15) is 0 Å². The second kappa shape index (κ2) is 6.86. The average Bonchev–Trinajstić information content (AvgIpc) is 2.27. The molecule has 1 rings (SSSR count). The summed E-state index contributed by atoms with van der Waals surface area (Å²) in [6, 6.07) is 2.14. The Morgan fingerprint density at radius 1 is 1.44 bits per heavy atom. The normalized spacial score (nSPS) is 10.5. The summed E-state index contributed by atoms with van der Waals surface area (Å²) >= 11 is 3.47. The third-order valence-corrected chi connectivity index (χ3v) is 2.89. The maximum atomic E-state index is 4.53. The highest BCUT2D eigenvalue weighted by atomic mass is 79.9. The first kappa shape index (κ1) is 13.5. The largest absolute Gasteiger partial charge is 0.357 e. The van der Waals surface area contributed by atoms with Crippen LogP contribution >= 0.6 is 15.9 Å². The lowest BCUT2D eigenvalue weighted by atomic mass is 10.2. The highest BCUT2D eigenvalue weighted by Gasteiger charge is 2.10. The SMILES string of the molecule is CCCN(CC)c1ncc(Br)cc1CNC. The molecule has 0 unspecified atom stereocenters. The van der Waals surface area contributed by atoms with E-state index in [2.05, 4.69) is 51.0 Å². The molecule has 0 aliphatic rings. The van der Waals surface area contributed by atoms with Crippen molar-refractivity contribution in [3.8, 4) is 0 Å². The van der Waals surface area contributed by atoms with Crippen LogP contribution < -0.4 is 10.2 Å². The van der Waals surface area contributed by atoms with Gasteiger partial charge in [-0.05, 0) is 42.4 Å². The molecule has 0 amide bonds. The standard InChI is InChI=1S/C12H20BrN3/c1-4-6-16(5-2)12-10(8-14-3)7-11(13)9-15-12/h7,9,14H,4-6,8H2,1-3H3. The van der Waals surface area contributed by atoms with Crippen LogP contribution in [-0.2, 0) is 6.54 Å². The maximum absolute atomic E-state index is 4.53.